The second kappa shape index (κ2) is 19.0. The van der Waals surface area contributed by atoms with Crippen molar-refractivity contribution in [1.82, 2.24) is 5.32 Å². The Kier molecular flexibility index (Phi) is 17.9. The summed E-state index contributed by atoms with van der Waals surface area (Å²) in [5.74, 6) is 0.264. The fourth-order valence-corrected chi connectivity index (χ4v) is 3.18. The lowest BCUT2D eigenvalue weighted by Crippen LogP contribution is -2.26. The van der Waals surface area contributed by atoms with E-state index in [1.807, 2.05) is 20.8 Å². The lowest BCUT2D eigenvalue weighted by molar-refractivity contribution is -0.151. The summed E-state index contributed by atoms with van der Waals surface area (Å²) in [5.41, 5.74) is 6.85. The number of nitrogens with one attached hydrogen (secondary N) is 1. The lowest BCUT2D eigenvalue weighted by Gasteiger charge is -2.16. The molecule has 0 aromatic carbocycles. The van der Waals surface area contributed by atoms with Gasteiger partial charge in [-0.25, -0.2) is 0 Å². The second-order valence-electron chi connectivity index (χ2n) is 8.76. The predicted molar refractivity (Wildman–Crippen MR) is 127 cm³/mol. The molecule has 0 aromatic rings. The van der Waals surface area contributed by atoms with Gasteiger partial charge in [-0.15, -0.1) is 0 Å². The molecule has 0 fully saturated rings. The Balaban J connectivity index is 3.97. The molecule has 0 radical (unpaired) electrons. The van der Waals surface area contributed by atoms with Gasteiger partial charge in [-0.3, -0.25) is 9.59 Å². The number of hydrogen-bond donors (Lipinski definition) is 2. The molecule has 6 nitrogen and oxygen atoms in total. The van der Waals surface area contributed by atoms with E-state index in [0.29, 0.717) is 44.8 Å². The molecule has 0 saturated carbocycles. The van der Waals surface area contributed by atoms with Gasteiger partial charge in [0.2, 0.25) is 0 Å². The summed E-state index contributed by atoms with van der Waals surface area (Å²) >= 11 is 0. The molecule has 2 unspecified atom stereocenters. The second-order valence-corrected chi connectivity index (χ2v) is 8.76. The zero-order chi connectivity index (χ0) is 23.5. The molecule has 182 valence electrons. The van der Waals surface area contributed by atoms with Crippen molar-refractivity contribution in [3.63, 3.8) is 0 Å². The van der Waals surface area contributed by atoms with Crippen LogP contribution < -0.4 is 11.1 Å². The van der Waals surface area contributed by atoms with E-state index in [2.05, 4.69) is 19.2 Å². The Bertz CT molecular complexity index is 516. The Morgan fingerprint density at radius 1 is 0.806 bits per heavy atom. The van der Waals surface area contributed by atoms with E-state index in [9.17, 15) is 9.59 Å². The summed E-state index contributed by atoms with van der Waals surface area (Å²) in [7, 11) is 0. The predicted octanol–water partition coefficient (Wildman–Crippen LogP) is 5.46. The third-order valence-corrected chi connectivity index (χ3v) is 5.51. The first kappa shape index (κ1) is 29.3. The number of esters is 2. The van der Waals surface area contributed by atoms with Crippen molar-refractivity contribution in [2.75, 3.05) is 19.8 Å². The summed E-state index contributed by atoms with van der Waals surface area (Å²) in [6, 6.07) is 0. The molecular formula is C25H48N2O4. The van der Waals surface area contributed by atoms with E-state index in [4.69, 9.17) is 15.2 Å². The van der Waals surface area contributed by atoms with Crippen LogP contribution in [0.15, 0.2) is 11.4 Å². The average Bonchev–Trinajstić information content (AvgIpc) is 2.74. The van der Waals surface area contributed by atoms with E-state index in [0.717, 1.165) is 37.7 Å². The third-order valence-electron chi connectivity index (χ3n) is 5.51. The molecule has 0 saturated heterocycles. The van der Waals surface area contributed by atoms with Crippen molar-refractivity contribution < 1.29 is 19.1 Å². The quantitative estimate of drug-likeness (QED) is 0.205. The Morgan fingerprint density at radius 2 is 1.39 bits per heavy atom. The molecule has 0 spiro atoms. The highest BCUT2D eigenvalue weighted by atomic mass is 16.5. The first-order chi connectivity index (χ1) is 14.8. The van der Waals surface area contributed by atoms with Crippen molar-refractivity contribution in [2.45, 2.75) is 105 Å². The first-order valence-corrected chi connectivity index (χ1v) is 12.3. The monoisotopic (exact) mass is 440 g/mol. The van der Waals surface area contributed by atoms with Crippen LogP contribution in [-0.2, 0) is 19.1 Å². The molecule has 0 heterocycles. The van der Waals surface area contributed by atoms with Crippen molar-refractivity contribution in [3.05, 3.63) is 11.4 Å². The summed E-state index contributed by atoms with van der Waals surface area (Å²) in [6.07, 6.45) is 10.8. The van der Waals surface area contributed by atoms with Crippen molar-refractivity contribution in [2.24, 2.45) is 17.6 Å². The van der Waals surface area contributed by atoms with Crippen molar-refractivity contribution >= 4 is 11.9 Å². The van der Waals surface area contributed by atoms with Crippen LogP contribution in [-0.4, -0.2) is 31.7 Å². The van der Waals surface area contributed by atoms with E-state index in [1.165, 1.54) is 19.3 Å². The van der Waals surface area contributed by atoms with E-state index in [-0.39, 0.29) is 23.8 Å². The number of unbranched alkanes of at least 4 members (excludes halogenated alkanes) is 5. The summed E-state index contributed by atoms with van der Waals surface area (Å²) < 4.78 is 10.8. The highest BCUT2D eigenvalue weighted by molar-refractivity contribution is 5.72. The fraction of sp³-hybridized carbons (Fsp3) is 0.840. The van der Waals surface area contributed by atoms with Crippen LogP contribution in [0.5, 0.6) is 0 Å². The molecule has 6 heteroatoms. The number of hydrogen-bond acceptors (Lipinski definition) is 6. The van der Waals surface area contributed by atoms with Gasteiger partial charge in [0.1, 0.15) is 0 Å². The minimum atomic E-state index is -0.193. The van der Waals surface area contributed by atoms with Gasteiger partial charge < -0.3 is 20.5 Å². The number of carbonyl (C=O) groups is 2. The topological polar surface area (TPSA) is 90.6 Å². The van der Waals surface area contributed by atoms with E-state index in [1.54, 1.807) is 0 Å². The highest BCUT2D eigenvalue weighted by Crippen LogP contribution is 2.19. The Morgan fingerprint density at radius 3 is 1.97 bits per heavy atom. The van der Waals surface area contributed by atoms with Crippen molar-refractivity contribution in [3.8, 4) is 0 Å². The van der Waals surface area contributed by atoms with Crippen LogP contribution in [0, 0.1) is 11.8 Å². The number of rotatable bonds is 19. The van der Waals surface area contributed by atoms with Gasteiger partial charge in [-0.2, -0.15) is 0 Å². The van der Waals surface area contributed by atoms with Crippen LogP contribution in [0.1, 0.15) is 105 Å². The van der Waals surface area contributed by atoms with Gasteiger partial charge >= 0.3 is 11.9 Å². The minimum Gasteiger partial charge on any atom is -0.465 e. The molecule has 3 N–H and O–H groups in total. The third kappa shape index (κ3) is 15.7. The van der Waals surface area contributed by atoms with Crippen LogP contribution in [0.4, 0.5) is 0 Å². The molecular weight excluding hydrogens is 392 g/mol. The van der Waals surface area contributed by atoms with Gasteiger partial charge in [0.25, 0.3) is 0 Å². The highest BCUT2D eigenvalue weighted by Gasteiger charge is 2.19. The zero-order valence-electron chi connectivity index (χ0n) is 20.8. The van der Waals surface area contributed by atoms with E-state index >= 15 is 0 Å². The molecule has 0 amide bonds. The lowest BCUT2D eigenvalue weighted by atomic mass is 9.95. The van der Waals surface area contributed by atoms with Crippen LogP contribution in [0.25, 0.3) is 0 Å². The minimum absolute atomic E-state index is 0.0319. The molecule has 31 heavy (non-hydrogen) atoms. The van der Waals surface area contributed by atoms with Gasteiger partial charge in [0, 0.05) is 6.54 Å². The molecule has 0 aliphatic rings. The Labute approximate surface area is 190 Å². The summed E-state index contributed by atoms with van der Waals surface area (Å²) in [5, 5.41) is 3.10. The molecule has 0 aliphatic heterocycles. The van der Waals surface area contributed by atoms with Crippen molar-refractivity contribution in [1.29, 1.82) is 0 Å². The maximum Gasteiger partial charge on any atom is 0.308 e. The molecule has 0 aliphatic carbocycles. The smallest absolute Gasteiger partial charge is 0.308 e. The van der Waals surface area contributed by atoms with Gasteiger partial charge in [0.15, 0.2) is 0 Å². The molecule has 0 aromatic heterocycles. The molecule has 2 atom stereocenters. The zero-order valence-corrected chi connectivity index (χ0v) is 20.8. The van der Waals surface area contributed by atoms with Gasteiger partial charge in [-0.05, 0) is 51.5 Å². The van der Waals surface area contributed by atoms with E-state index < -0.39 is 0 Å². The number of nitrogens with two attached hydrogens (primary N) is 1. The fourth-order valence-electron chi connectivity index (χ4n) is 3.18. The summed E-state index contributed by atoms with van der Waals surface area (Å²) in [4.78, 5) is 24.5. The maximum atomic E-state index is 12.4. The van der Waals surface area contributed by atoms with Crippen LogP contribution in [0.3, 0.4) is 0 Å². The number of carbonyl (C=O) groups excluding carboxylic acids is 2. The molecule has 0 rings (SSSR count). The SMILES string of the molecule is CCCCCCC(CCCC)C(=O)OCCCCOC(=O)C(C)CCNC(N)=C(C)C. The Hall–Kier alpha value is -1.72. The maximum absolute atomic E-state index is 12.4. The number of ether oxygens (including phenoxy) is 2. The standard InChI is InChI=1S/C25H48N2O4/c1-6-8-10-11-15-22(14-9-7-2)25(29)31-19-13-12-18-30-24(28)21(5)16-17-27-23(26)20(3)4/h21-22,27H,6-19,26H2,1-5H3. The van der Waals surface area contributed by atoms with Crippen LogP contribution >= 0.6 is 0 Å². The normalized spacial score (nSPS) is 12.7. The number of allylic oxidation sites excluding steroid dienone is 1. The largest absolute Gasteiger partial charge is 0.465 e. The average molecular weight is 441 g/mol. The first-order valence-electron chi connectivity index (χ1n) is 12.3. The summed E-state index contributed by atoms with van der Waals surface area (Å²) in [6.45, 7) is 11.5. The van der Waals surface area contributed by atoms with Gasteiger partial charge in [-0.1, -0.05) is 59.3 Å². The van der Waals surface area contributed by atoms with Gasteiger partial charge in [0.05, 0.1) is 30.9 Å². The molecule has 0 bridgehead atoms. The van der Waals surface area contributed by atoms with Crippen LogP contribution in [0.2, 0.25) is 0 Å².